The average molecular weight is 333 g/mol. The molecule has 0 radical (unpaired) electrons. The summed E-state index contributed by atoms with van der Waals surface area (Å²) in [6, 6.07) is 14.4. The van der Waals surface area contributed by atoms with Crippen molar-refractivity contribution in [2.45, 2.75) is 26.3 Å². The van der Waals surface area contributed by atoms with Crippen LogP contribution in [-0.4, -0.2) is 22.0 Å². The zero-order chi connectivity index (χ0) is 17.4. The van der Waals surface area contributed by atoms with Crippen molar-refractivity contribution < 1.29 is 4.79 Å². The van der Waals surface area contributed by atoms with Gasteiger partial charge >= 0.3 is 6.03 Å². The highest BCUT2D eigenvalue weighted by Gasteiger charge is 2.21. The smallest absolute Gasteiger partial charge is 0.322 e. The van der Waals surface area contributed by atoms with Crippen LogP contribution in [0.25, 0.3) is 10.9 Å². The van der Waals surface area contributed by atoms with Crippen LogP contribution in [0.15, 0.2) is 48.7 Å². The van der Waals surface area contributed by atoms with Crippen LogP contribution < -0.4 is 5.32 Å². The molecule has 25 heavy (non-hydrogen) atoms. The van der Waals surface area contributed by atoms with Crippen LogP contribution in [0, 0.1) is 0 Å². The molecule has 128 valence electrons. The molecule has 0 spiro atoms. The minimum Gasteiger partial charge on any atom is -0.350 e. The Labute approximate surface area is 148 Å². The summed E-state index contributed by atoms with van der Waals surface area (Å²) < 4.78 is 2.18. The van der Waals surface area contributed by atoms with E-state index in [2.05, 4.69) is 54.3 Å². The van der Waals surface area contributed by atoms with Crippen LogP contribution in [0.2, 0.25) is 0 Å². The SMILES string of the molecule is CCc1cccc(NC(=O)N2CCc3cn(C)c4cccc(c34)C2)c1. The zero-order valence-corrected chi connectivity index (χ0v) is 14.7. The fraction of sp³-hybridized carbons (Fsp3) is 0.286. The second-order valence-electron chi connectivity index (χ2n) is 6.73. The number of anilines is 1. The van der Waals surface area contributed by atoms with Gasteiger partial charge in [0.25, 0.3) is 0 Å². The van der Waals surface area contributed by atoms with Crippen LogP contribution in [0.5, 0.6) is 0 Å². The number of urea groups is 1. The van der Waals surface area contributed by atoms with Crippen molar-refractivity contribution in [3.05, 3.63) is 65.4 Å². The van der Waals surface area contributed by atoms with Gasteiger partial charge in [0.1, 0.15) is 0 Å². The molecule has 0 fully saturated rings. The molecule has 0 saturated carbocycles. The molecule has 2 amide bonds. The molecule has 4 heteroatoms. The lowest BCUT2D eigenvalue weighted by Gasteiger charge is -2.22. The van der Waals surface area contributed by atoms with Gasteiger partial charge in [-0.15, -0.1) is 0 Å². The Hall–Kier alpha value is -2.75. The number of hydrogen-bond donors (Lipinski definition) is 1. The highest BCUT2D eigenvalue weighted by Crippen LogP contribution is 2.29. The molecule has 0 unspecified atom stereocenters. The first-order valence-corrected chi connectivity index (χ1v) is 8.86. The molecule has 1 aliphatic rings. The van der Waals surface area contributed by atoms with Gasteiger partial charge in [-0.2, -0.15) is 0 Å². The quantitative estimate of drug-likeness (QED) is 0.744. The van der Waals surface area contributed by atoms with E-state index in [0.717, 1.165) is 25.1 Å². The van der Waals surface area contributed by atoms with E-state index >= 15 is 0 Å². The first kappa shape index (κ1) is 15.8. The minimum absolute atomic E-state index is 0.0280. The Bertz CT molecular complexity index is 941. The molecular formula is C21H23N3O. The van der Waals surface area contributed by atoms with E-state index in [-0.39, 0.29) is 6.03 Å². The third-order valence-corrected chi connectivity index (χ3v) is 5.07. The average Bonchev–Trinajstić information content (AvgIpc) is 2.83. The van der Waals surface area contributed by atoms with Crippen molar-refractivity contribution >= 4 is 22.6 Å². The molecular weight excluding hydrogens is 310 g/mol. The normalized spacial score (nSPS) is 13.8. The van der Waals surface area contributed by atoms with Crippen LogP contribution in [0.4, 0.5) is 10.5 Å². The highest BCUT2D eigenvalue weighted by molar-refractivity contribution is 5.91. The van der Waals surface area contributed by atoms with Crippen LogP contribution in [-0.2, 0) is 26.4 Å². The topological polar surface area (TPSA) is 37.3 Å². The number of benzene rings is 2. The van der Waals surface area contributed by atoms with Gasteiger partial charge < -0.3 is 14.8 Å². The molecule has 1 aromatic heterocycles. The Morgan fingerprint density at radius 1 is 1.16 bits per heavy atom. The summed E-state index contributed by atoms with van der Waals surface area (Å²) in [6.45, 7) is 3.49. The van der Waals surface area contributed by atoms with Crippen molar-refractivity contribution in [2.75, 3.05) is 11.9 Å². The number of aryl methyl sites for hydroxylation is 2. The molecule has 4 rings (SSSR count). The Morgan fingerprint density at radius 2 is 2.00 bits per heavy atom. The van der Waals surface area contributed by atoms with Gasteiger partial charge in [-0.25, -0.2) is 4.79 Å². The second kappa shape index (κ2) is 6.28. The van der Waals surface area contributed by atoms with Crippen molar-refractivity contribution in [1.29, 1.82) is 0 Å². The van der Waals surface area contributed by atoms with Crippen LogP contribution >= 0.6 is 0 Å². The summed E-state index contributed by atoms with van der Waals surface area (Å²) in [5.74, 6) is 0. The maximum atomic E-state index is 12.8. The number of carbonyl (C=O) groups excluding carboxylic acids is 1. The summed E-state index contributed by atoms with van der Waals surface area (Å²) in [7, 11) is 2.09. The number of rotatable bonds is 2. The summed E-state index contributed by atoms with van der Waals surface area (Å²) in [4.78, 5) is 14.7. The number of nitrogens with one attached hydrogen (secondary N) is 1. The van der Waals surface area contributed by atoms with Crippen molar-refractivity contribution in [2.24, 2.45) is 7.05 Å². The summed E-state index contributed by atoms with van der Waals surface area (Å²) in [5.41, 5.74) is 5.89. The van der Waals surface area contributed by atoms with Crippen LogP contribution in [0.3, 0.4) is 0 Å². The number of nitrogens with zero attached hydrogens (tertiary/aromatic N) is 2. The number of aromatic nitrogens is 1. The Balaban J connectivity index is 1.58. The predicted octanol–water partition coefficient (Wildman–Crippen LogP) is 4.33. The minimum atomic E-state index is -0.0280. The van der Waals surface area contributed by atoms with E-state index in [9.17, 15) is 4.79 Å². The lowest BCUT2D eigenvalue weighted by atomic mass is 10.1. The molecule has 2 heterocycles. The number of carbonyl (C=O) groups is 1. The molecule has 4 nitrogen and oxygen atoms in total. The lowest BCUT2D eigenvalue weighted by molar-refractivity contribution is 0.210. The molecule has 1 aliphatic heterocycles. The third-order valence-electron chi connectivity index (χ3n) is 5.07. The van der Waals surface area contributed by atoms with E-state index in [0.29, 0.717) is 6.54 Å². The predicted molar refractivity (Wildman–Crippen MR) is 102 cm³/mol. The highest BCUT2D eigenvalue weighted by atomic mass is 16.2. The van der Waals surface area contributed by atoms with Crippen LogP contribution in [0.1, 0.15) is 23.6 Å². The molecule has 0 atom stereocenters. The monoisotopic (exact) mass is 333 g/mol. The van der Waals surface area contributed by atoms with E-state index < -0.39 is 0 Å². The van der Waals surface area contributed by atoms with Crippen molar-refractivity contribution in [1.82, 2.24) is 9.47 Å². The molecule has 0 bridgehead atoms. The molecule has 0 saturated heterocycles. The number of hydrogen-bond acceptors (Lipinski definition) is 1. The van der Waals surface area contributed by atoms with E-state index in [1.807, 2.05) is 23.1 Å². The van der Waals surface area contributed by atoms with Gasteiger partial charge in [0, 0.05) is 42.9 Å². The largest absolute Gasteiger partial charge is 0.350 e. The van der Waals surface area contributed by atoms with Gasteiger partial charge in [-0.1, -0.05) is 31.2 Å². The van der Waals surface area contributed by atoms with Crippen molar-refractivity contribution in [3.8, 4) is 0 Å². The third kappa shape index (κ3) is 2.88. The van der Waals surface area contributed by atoms with Gasteiger partial charge in [0.15, 0.2) is 0 Å². The first-order valence-electron chi connectivity index (χ1n) is 8.86. The first-order chi connectivity index (χ1) is 12.2. The molecule has 2 aromatic carbocycles. The van der Waals surface area contributed by atoms with Crippen molar-refractivity contribution in [3.63, 3.8) is 0 Å². The fourth-order valence-electron chi connectivity index (χ4n) is 3.73. The van der Waals surface area contributed by atoms with Gasteiger partial charge in [-0.3, -0.25) is 0 Å². The molecule has 1 N–H and O–H groups in total. The maximum Gasteiger partial charge on any atom is 0.322 e. The van der Waals surface area contributed by atoms with Gasteiger partial charge in [0.2, 0.25) is 0 Å². The Kier molecular flexibility index (Phi) is 3.96. The zero-order valence-electron chi connectivity index (χ0n) is 14.7. The molecule has 0 aliphatic carbocycles. The lowest BCUT2D eigenvalue weighted by Crippen LogP contribution is -2.35. The fourth-order valence-corrected chi connectivity index (χ4v) is 3.73. The Morgan fingerprint density at radius 3 is 2.84 bits per heavy atom. The summed E-state index contributed by atoms with van der Waals surface area (Å²) in [5, 5.41) is 4.37. The second-order valence-corrected chi connectivity index (χ2v) is 6.73. The van der Waals surface area contributed by atoms with Gasteiger partial charge in [-0.05, 0) is 47.7 Å². The van der Waals surface area contributed by atoms with E-state index in [1.165, 1.54) is 27.6 Å². The van der Waals surface area contributed by atoms with Gasteiger partial charge in [0.05, 0.1) is 0 Å². The molecule has 3 aromatic rings. The summed E-state index contributed by atoms with van der Waals surface area (Å²) in [6.07, 6.45) is 4.04. The standard InChI is InChI=1S/C21H23N3O/c1-3-15-6-4-8-18(12-15)22-21(25)24-11-10-17-13-23(2)19-9-5-7-16(14-24)20(17)19/h4-9,12-13H,3,10-11,14H2,1-2H3,(H,22,25). The maximum absolute atomic E-state index is 12.8. The van der Waals surface area contributed by atoms with E-state index in [4.69, 9.17) is 0 Å². The summed E-state index contributed by atoms with van der Waals surface area (Å²) >= 11 is 0. The van der Waals surface area contributed by atoms with E-state index in [1.54, 1.807) is 0 Å². The number of amides is 2.